The molecule has 0 radical (unpaired) electrons. The summed E-state index contributed by atoms with van der Waals surface area (Å²) in [7, 11) is -2.29. The highest BCUT2D eigenvalue weighted by molar-refractivity contribution is 7.99. The molecule has 3 rings (SSSR count). The molecular weight excluding hydrogens is 372 g/mol. The highest BCUT2D eigenvalue weighted by Crippen LogP contribution is 2.37. The maximum Gasteiger partial charge on any atom is 0.241 e. The number of benzene rings is 2. The molecule has 0 aliphatic carbocycles. The van der Waals surface area contributed by atoms with E-state index >= 15 is 0 Å². The highest BCUT2D eigenvalue weighted by Gasteiger charge is 2.26. The van der Waals surface area contributed by atoms with Gasteiger partial charge in [0.1, 0.15) is 5.75 Å². The van der Waals surface area contributed by atoms with E-state index in [4.69, 9.17) is 4.74 Å². The van der Waals surface area contributed by atoms with Crippen LogP contribution in [0.5, 0.6) is 5.75 Å². The van der Waals surface area contributed by atoms with Crippen molar-refractivity contribution >= 4 is 33.4 Å². The summed E-state index contributed by atoms with van der Waals surface area (Å²) in [5.74, 6) is 0.951. The zero-order valence-corrected chi connectivity index (χ0v) is 16.1. The number of amides is 1. The Morgan fingerprint density at radius 3 is 2.73 bits per heavy atom. The number of sulfonamides is 1. The second-order valence-corrected chi connectivity index (χ2v) is 8.74. The number of nitrogens with one attached hydrogen (secondary N) is 2. The van der Waals surface area contributed by atoms with Crippen molar-refractivity contribution in [2.24, 2.45) is 0 Å². The van der Waals surface area contributed by atoms with Crippen LogP contribution in [0.4, 0.5) is 5.69 Å². The van der Waals surface area contributed by atoms with E-state index in [2.05, 4.69) is 10.0 Å². The van der Waals surface area contributed by atoms with Crippen molar-refractivity contribution in [1.82, 2.24) is 4.72 Å². The van der Waals surface area contributed by atoms with Gasteiger partial charge in [0.05, 0.1) is 17.7 Å². The van der Waals surface area contributed by atoms with Crippen molar-refractivity contribution in [3.05, 3.63) is 48.0 Å². The van der Waals surface area contributed by atoms with Gasteiger partial charge in [-0.25, -0.2) is 13.1 Å². The average Bonchev–Trinajstić information content (AvgIpc) is 2.61. The number of methoxy groups -OCH3 is 1. The molecule has 1 heterocycles. The number of hydrogen-bond donors (Lipinski definition) is 2. The molecule has 0 unspecified atom stereocenters. The van der Waals surface area contributed by atoms with Gasteiger partial charge in [0.2, 0.25) is 15.9 Å². The Hall–Kier alpha value is -2.03. The number of ether oxygens (including phenoxy) is 1. The second-order valence-electron chi connectivity index (χ2n) is 5.89. The predicted molar refractivity (Wildman–Crippen MR) is 102 cm³/mol. The summed E-state index contributed by atoms with van der Waals surface area (Å²) < 4.78 is 33.7. The van der Waals surface area contributed by atoms with Gasteiger partial charge in [0, 0.05) is 17.9 Å². The van der Waals surface area contributed by atoms with E-state index in [-0.39, 0.29) is 16.8 Å². The van der Waals surface area contributed by atoms with E-state index in [1.54, 1.807) is 11.8 Å². The molecule has 1 atom stereocenters. The molecule has 0 saturated carbocycles. The van der Waals surface area contributed by atoms with Crippen LogP contribution in [0.15, 0.2) is 52.3 Å². The van der Waals surface area contributed by atoms with Crippen molar-refractivity contribution in [2.75, 3.05) is 18.2 Å². The van der Waals surface area contributed by atoms with E-state index in [1.807, 2.05) is 24.3 Å². The molecule has 0 aromatic heterocycles. The van der Waals surface area contributed by atoms with Crippen LogP contribution in [0, 0.1) is 0 Å². The maximum absolute atomic E-state index is 12.9. The number of fused-ring (bicyclic) bond motifs is 1. The summed E-state index contributed by atoms with van der Waals surface area (Å²) in [6, 6.07) is 11.9. The zero-order valence-electron chi connectivity index (χ0n) is 14.5. The van der Waals surface area contributed by atoms with Gasteiger partial charge < -0.3 is 10.1 Å². The lowest BCUT2D eigenvalue weighted by Crippen LogP contribution is -2.30. The quantitative estimate of drug-likeness (QED) is 0.816. The second kappa shape index (κ2) is 7.69. The first kappa shape index (κ1) is 18.8. The number of hydrogen-bond acceptors (Lipinski definition) is 5. The first-order chi connectivity index (χ1) is 12.4. The predicted octanol–water partition coefficient (Wildman–Crippen LogP) is 3.17. The van der Waals surface area contributed by atoms with Crippen LogP contribution in [0.3, 0.4) is 0 Å². The van der Waals surface area contributed by atoms with Crippen molar-refractivity contribution in [3.8, 4) is 5.75 Å². The largest absolute Gasteiger partial charge is 0.495 e. The minimum absolute atomic E-state index is 0.0813. The summed E-state index contributed by atoms with van der Waals surface area (Å²) in [6.07, 6.45) is 0.718. The first-order valence-corrected chi connectivity index (χ1v) is 10.6. The molecular formula is C18H20N2O4S2. The Morgan fingerprint density at radius 2 is 2.00 bits per heavy atom. The third kappa shape index (κ3) is 4.03. The molecule has 1 aliphatic rings. The van der Waals surface area contributed by atoms with E-state index in [0.717, 1.165) is 22.6 Å². The van der Waals surface area contributed by atoms with Crippen LogP contribution in [0.1, 0.15) is 24.9 Å². The fraction of sp³-hybridized carbons (Fsp3) is 0.278. The Balaban J connectivity index is 1.91. The van der Waals surface area contributed by atoms with Crippen molar-refractivity contribution in [2.45, 2.75) is 29.2 Å². The maximum atomic E-state index is 12.9. The molecule has 2 N–H and O–H groups in total. The third-order valence-corrected chi connectivity index (χ3v) is 6.64. The minimum Gasteiger partial charge on any atom is -0.495 e. The molecule has 0 bridgehead atoms. The first-order valence-electron chi connectivity index (χ1n) is 8.10. The topological polar surface area (TPSA) is 84.5 Å². The third-order valence-electron chi connectivity index (χ3n) is 4.05. The highest BCUT2D eigenvalue weighted by atomic mass is 32.2. The Morgan fingerprint density at radius 1 is 1.23 bits per heavy atom. The fourth-order valence-corrected chi connectivity index (χ4v) is 5.26. The summed E-state index contributed by atoms with van der Waals surface area (Å²) in [5.41, 5.74) is 1.31. The van der Waals surface area contributed by atoms with Gasteiger partial charge in [-0.15, -0.1) is 11.8 Å². The van der Waals surface area contributed by atoms with Gasteiger partial charge in [-0.2, -0.15) is 0 Å². The van der Waals surface area contributed by atoms with Crippen LogP contribution in [-0.4, -0.2) is 27.2 Å². The molecule has 2 aromatic carbocycles. The number of rotatable bonds is 5. The molecule has 0 spiro atoms. The van der Waals surface area contributed by atoms with Crippen molar-refractivity contribution in [3.63, 3.8) is 0 Å². The van der Waals surface area contributed by atoms with Crippen LogP contribution >= 0.6 is 11.8 Å². The molecule has 138 valence electrons. The molecule has 1 amide bonds. The van der Waals surface area contributed by atoms with Gasteiger partial charge in [-0.1, -0.05) is 18.2 Å². The van der Waals surface area contributed by atoms with E-state index < -0.39 is 10.0 Å². The average molecular weight is 393 g/mol. The van der Waals surface area contributed by atoms with Gasteiger partial charge in [0.25, 0.3) is 0 Å². The summed E-state index contributed by atoms with van der Waals surface area (Å²) >= 11 is 1.73. The normalized spacial score (nSPS) is 16.6. The molecule has 1 aliphatic heterocycles. The smallest absolute Gasteiger partial charge is 0.241 e. The lowest BCUT2D eigenvalue weighted by molar-refractivity contribution is -0.114. The minimum atomic E-state index is -3.75. The van der Waals surface area contributed by atoms with Crippen molar-refractivity contribution < 1.29 is 17.9 Å². The molecule has 8 heteroatoms. The Labute approximate surface area is 157 Å². The molecule has 2 aromatic rings. The SMILES string of the molecule is COc1ccc(S(=O)(=O)N[C@@H]2CCSc3ccccc32)cc1NC(C)=O. The fourth-order valence-electron chi connectivity index (χ4n) is 2.86. The van der Waals surface area contributed by atoms with Gasteiger partial charge >= 0.3 is 0 Å². The number of carbonyl (C=O) groups excluding carboxylic acids is 1. The molecule has 26 heavy (non-hydrogen) atoms. The molecule has 0 fully saturated rings. The standard InChI is InChI=1S/C18H20N2O4S2/c1-12(21)19-16-11-13(7-8-17(16)24-2)26(22,23)20-15-9-10-25-18-6-4-3-5-14(15)18/h3-8,11,15,20H,9-10H2,1-2H3,(H,19,21)/t15-/m1/s1. The van der Waals surface area contributed by atoms with Crippen LogP contribution < -0.4 is 14.8 Å². The molecule has 0 saturated heterocycles. The van der Waals surface area contributed by atoms with Gasteiger partial charge in [-0.05, 0) is 42.0 Å². The lowest BCUT2D eigenvalue weighted by atomic mass is 10.1. The monoisotopic (exact) mass is 392 g/mol. The van der Waals surface area contributed by atoms with Crippen LogP contribution in [-0.2, 0) is 14.8 Å². The summed E-state index contributed by atoms with van der Waals surface area (Å²) in [5, 5.41) is 2.60. The van der Waals surface area contributed by atoms with E-state index in [9.17, 15) is 13.2 Å². The summed E-state index contributed by atoms with van der Waals surface area (Å²) in [6.45, 7) is 1.36. The number of carbonyl (C=O) groups is 1. The Kier molecular flexibility index (Phi) is 5.55. The van der Waals surface area contributed by atoms with Crippen LogP contribution in [0.2, 0.25) is 0 Å². The van der Waals surface area contributed by atoms with Gasteiger partial charge in [0.15, 0.2) is 0 Å². The zero-order chi connectivity index (χ0) is 18.7. The molecule has 6 nitrogen and oxygen atoms in total. The van der Waals surface area contributed by atoms with Crippen molar-refractivity contribution in [1.29, 1.82) is 0 Å². The number of anilines is 1. The van der Waals surface area contributed by atoms with E-state index in [0.29, 0.717) is 11.4 Å². The summed E-state index contributed by atoms with van der Waals surface area (Å²) in [4.78, 5) is 12.5. The van der Waals surface area contributed by atoms with Gasteiger partial charge in [-0.3, -0.25) is 4.79 Å². The van der Waals surface area contributed by atoms with E-state index in [1.165, 1.54) is 32.2 Å². The lowest BCUT2D eigenvalue weighted by Gasteiger charge is -2.25. The van der Waals surface area contributed by atoms with Crippen LogP contribution in [0.25, 0.3) is 0 Å². The Bertz CT molecular complexity index is 929. The number of thioether (sulfide) groups is 1.